The molecule has 0 radical (unpaired) electrons. The largest absolute Gasteiger partial charge is 0.390 e. The van der Waals surface area contributed by atoms with Gasteiger partial charge in [0.15, 0.2) is 0 Å². The van der Waals surface area contributed by atoms with E-state index in [4.69, 9.17) is 28.0 Å². The third kappa shape index (κ3) is 6.34. The van der Waals surface area contributed by atoms with E-state index in [1.165, 1.54) is 11.3 Å². The molecule has 0 bridgehead atoms. The summed E-state index contributed by atoms with van der Waals surface area (Å²) in [6.45, 7) is 12.7. The van der Waals surface area contributed by atoms with Crippen LogP contribution in [0.5, 0.6) is 0 Å². The van der Waals surface area contributed by atoms with Crippen LogP contribution in [0.25, 0.3) is 0 Å². The van der Waals surface area contributed by atoms with Crippen LogP contribution in [0.3, 0.4) is 0 Å². The Hall–Kier alpha value is -2.41. The van der Waals surface area contributed by atoms with E-state index in [-0.39, 0.29) is 22.5 Å². The highest BCUT2D eigenvalue weighted by atomic mass is 35.5. The van der Waals surface area contributed by atoms with Gasteiger partial charge in [-0.1, -0.05) is 50.0 Å². The number of halogens is 2. The molecule has 3 amide bonds. The van der Waals surface area contributed by atoms with Crippen molar-refractivity contribution < 1.29 is 19.5 Å². The number of hydroxylamine groups is 1. The van der Waals surface area contributed by atoms with Crippen LogP contribution in [0, 0.1) is 0 Å². The van der Waals surface area contributed by atoms with Crippen LogP contribution < -0.4 is 16.1 Å². The van der Waals surface area contributed by atoms with Gasteiger partial charge in [0.25, 0.3) is 5.91 Å². The van der Waals surface area contributed by atoms with Crippen molar-refractivity contribution in [3.05, 3.63) is 44.8 Å². The number of amides is 3. The summed E-state index contributed by atoms with van der Waals surface area (Å²) < 4.78 is 0. The predicted octanol–water partition coefficient (Wildman–Crippen LogP) is 5.13. The lowest BCUT2D eigenvalue weighted by atomic mass is 9.93. The summed E-state index contributed by atoms with van der Waals surface area (Å²) in [5, 5.41) is 17.7. The number of anilines is 2. The number of benzene rings is 1. The molecule has 2 aliphatic heterocycles. The molecule has 1 saturated heterocycles. The fourth-order valence-corrected chi connectivity index (χ4v) is 5.89. The topological polar surface area (TPSA) is 119 Å². The molecular formula is C26H34Cl2N6O4S. The summed E-state index contributed by atoms with van der Waals surface area (Å²) in [7, 11) is 0. The lowest BCUT2D eigenvalue weighted by Crippen LogP contribution is -2.67. The number of rotatable bonds is 5. The van der Waals surface area contributed by atoms with E-state index >= 15 is 0 Å². The summed E-state index contributed by atoms with van der Waals surface area (Å²) in [6, 6.07) is 6.20. The summed E-state index contributed by atoms with van der Waals surface area (Å²) in [5.41, 5.74) is 2.28. The maximum atomic E-state index is 14.0. The molecule has 39 heavy (non-hydrogen) atoms. The molecule has 1 aromatic carbocycles. The van der Waals surface area contributed by atoms with E-state index in [0.717, 1.165) is 4.88 Å². The van der Waals surface area contributed by atoms with Crippen molar-refractivity contribution in [2.24, 2.45) is 4.99 Å². The minimum atomic E-state index is -0.970. The molecule has 2 aromatic rings. The summed E-state index contributed by atoms with van der Waals surface area (Å²) in [4.78, 5) is 41.1. The zero-order valence-corrected chi connectivity index (χ0v) is 25.1. The van der Waals surface area contributed by atoms with Gasteiger partial charge in [0.1, 0.15) is 17.4 Å². The summed E-state index contributed by atoms with van der Waals surface area (Å²) >= 11 is 13.6. The highest BCUT2D eigenvalue weighted by molar-refractivity contribution is 7.16. The zero-order chi connectivity index (χ0) is 28.7. The molecule has 0 aliphatic carbocycles. The number of aliphatic hydroxyl groups is 1. The molecule has 13 heteroatoms. The number of aliphatic hydroxyl groups excluding tert-OH is 1. The number of hydrogen-bond acceptors (Lipinski definition) is 8. The Morgan fingerprint density at radius 3 is 2.62 bits per heavy atom. The molecule has 3 heterocycles. The lowest BCUT2D eigenvalue weighted by molar-refractivity contribution is -0.118. The SMILES string of the molecule is CC1N=C(CN2CCN(C(=O)c3cc(C(C)(C)C)sc3NC(=O)Nc3cccc(Cl)c3Cl)C(C)(C)C2O)ON1. The molecule has 4 rings (SSSR count). The van der Waals surface area contributed by atoms with E-state index in [0.29, 0.717) is 46.8 Å². The number of piperazine rings is 1. The minimum absolute atomic E-state index is 0.151. The van der Waals surface area contributed by atoms with Crippen LogP contribution in [0.15, 0.2) is 29.3 Å². The van der Waals surface area contributed by atoms with Gasteiger partial charge in [-0.15, -0.1) is 16.8 Å². The van der Waals surface area contributed by atoms with Gasteiger partial charge in [0.2, 0.25) is 5.90 Å². The number of urea groups is 1. The second kappa shape index (κ2) is 11.2. The number of hydrogen-bond donors (Lipinski definition) is 4. The molecule has 10 nitrogen and oxygen atoms in total. The molecule has 1 aromatic heterocycles. The molecule has 4 N–H and O–H groups in total. The van der Waals surface area contributed by atoms with E-state index in [1.54, 1.807) is 23.1 Å². The Labute approximate surface area is 242 Å². The Morgan fingerprint density at radius 1 is 1.26 bits per heavy atom. The average Bonchev–Trinajstić information content (AvgIpc) is 3.45. The quantitative estimate of drug-likeness (QED) is 0.380. The van der Waals surface area contributed by atoms with Crippen LogP contribution in [-0.4, -0.2) is 70.3 Å². The Bertz CT molecular complexity index is 1290. The van der Waals surface area contributed by atoms with Crippen LogP contribution in [0.2, 0.25) is 10.0 Å². The van der Waals surface area contributed by atoms with Gasteiger partial charge in [-0.05, 0) is 44.4 Å². The lowest BCUT2D eigenvalue weighted by Gasteiger charge is -2.50. The maximum Gasteiger partial charge on any atom is 0.324 e. The Kier molecular flexibility index (Phi) is 8.51. The second-order valence-electron chi connectivity index (χ2n) is 11.2. The van der Waals surface area contributed by atoms with E-state index in [2.05, 4.69) is 21.1 Å². The third-order valence-electron chi connectivity index (χ3n) is 6.68. The normalized spacial score (nSPS) is 21.4. The van der Waals surface area contributed by atoms with Gasteiger partial charge in [-0.2, -0.15) is 0 Å². The Balaban J connectivity index is 1.56. The number of nitrogens with zero attached hydrogens (tertiary/aromatic N) is 3. The number of carbonyl (C=O) groups excluding carboxylic acids is 2. The standard InChI is InChI=1S/C26H34Cl2N6O4S/c1-14-29-19(38-32-14)13-33-10-11-34(26(5,6)23(33)36)22(35)15-12-18(25(2,3)4)39-21(15)31-24(37)30-17-9-7-8-16(27)20(17)28/h7-9,12,14,23,32,36H,10-11,13H2,1-6H3,(H2,30,31,37). The van der Waals surface area contributed by atoms with Crippen molar-refractivity contribution >= 4 is 63.1 Å². The van der Waals surface area contributed by atoms with Gasteiger partial charge < -0.3 is 20.2 Å². The first-order valence-corrected chi connectivity index (χ1v) is 14.1. The maximum absolute atomic E-state index is 14.0. The van der Waals surface area contributed by atoms with Crippen LogP contribution in [0.4, 0.5) is 15.5 Å². The first kappa shape index (κ1) is 29.6. The summed E-state index contributed by atoms with van der Waals surface area (Å²) in [6.07, 6.45) is -1.12. The van der Waals surface area contributed by atoms with Gasteiger partial charge in [0.05, 0.1) is 33.4 Å². The fraction of sp³-hybridized carbons (Fsp3) is 0.500. The highest BCUT2D eigenvalue weighted by Crippen LogP contribution is 2.39. The Morgan fingerprint density at radius 2 is 1.97 bits per heavy atom. The first-order valence-electron chi connectivity index (χ1n) is 12.6. The van der Waals surface area contributed by atoms with Gasteiger partial charge >= 0.3 is 6.03 Å². The number of aliphatic imine (C=N–C) groups is 1. The van der Waals surface area contributed by atoms with Gasteiger partial charge in [-0.25, -0.2) is 9.79 Å². The number of carbonyl (C=O) groups is 2. The van der Waals surface area contributed by atoms with Crippen molar-refractivity contribution in [2.45, 2.75) is 64.9 Å². The fourth-order valence-electron chi connectivity index (χ4n) is 4.44. The molecule has 1 fully saturated rings. The van der Waals surface area contributed by atoms with Crippen LogP contribution >= 0.6 is 34.5 Å². The predicted molar refractivity (Wildman–Crippen MR) is 156 cm³/mol. The number of thiophene rings is 1. The van der Waals surface area contributed by atoms with Crippen molar-refractivity contribution in [1.82, 2.24) is 15.3 Å². The number of nitrogens with one attached hydrogen (secondary N) is 3. The smallest absolute Gasteiger partial charge is 0.324 e. The van der Waals surface area contributed by atoms with Crippen molar-refractivity contribution in [2.75, 3.05) is 30.3 Å². The molecule has 2 unspecified atom stereocenters. The zero-order valence-electron chi connectivity index (χ0n) is 22.8. The van der Waals surface area contributed by atoms with Crippen molar-refractivity contribution in [1.29, 1.82) is 0 Å². The molecule has 212 valence electrons. The summed E-state index contributed by atoms with van der Waals surface area (Å²) in [5.74, 6) is 0.202. The highest BCUT2D eigenvalue weighted by Gasteiger charge is 2.46. The van der Waals surface area contributed by atoms with Crippen molar-refractivity contribution in [3.63, 3.8) is 0 Å². The first-order chi connectivity index (χ1) is 18.2. The van der Waals surface area contributed by atoms with E-state index in [1.807, 2.05) is 52.5 Å². The van der Waals surface area contributed by atoms with Crippen LogP contribution in [0.1, 0.15) is 56.8 Å². The monoisotopic (exact) mass is 596 g/mol. The van der Waals surface area contributed by atoms with Gasteiger partial charge in [0, 0.05) is 18.0 Å². The molecule has 0 saturated carbocycles. The molecule has 0 spiro atoms. The van der Waals surface area contributed by atoms with Gasteiger partial charge in [-0.3, -0.25) is 15.0 Å². The average molecular weight is 598 g/mol. The molecule has 2 aliphatic rings. The second-order valence-corrected chi connectivity index (χ2v) is 13.0. The molecular weight excluding hydrogens is 563 g/mol. The van der Waals surface area contributed by atoms with E-state index < -0.39 is 17.8 Å². The van der Waals surface area contributed by atoms with Crippen LogP contribution in [-0.2, 0) is 10.3 Å². The minimum Gasteiger partial charge on any atom is -0.390 e. The molecule has 2 atom stereocenters. The van der Waals surface area contributed by atoms with E-state index in [9.17, 15) is 14.7 Å². The van der Waals surface area contributed by atoms with Crippen molar-refractivity contribution in [3.8, 4) is 0 Å². The third-order valence-corrected chi connectivity index (χ3v) is 8.98.